The van der Waals surface area contributed by atoms with E-state index < -0.39 is 0 Å². The van der Waals surface area contributed by atoms with E-state index in [0.717, 1.165) is 5.06 Å². The molecule has 1 fully saturated rings. The summed E-state index contributed by atoms with van der Waals surface area (Å²) < 4.78 is 0. The summed E-state index contributed by atoms with van der Waals surface area (Å²) in [4.78, 5) is 0. The van der Waals surface area contributed by atoms with Crippen molar-refractivity contribution in [3.63, 3.8) is 0 Å². The first-order valence-electron chi connectivity index (χ1n) is 4.02. The smallest absolute Gasteiger partial charge is 0.0248 e. The van der Waals surface area contributed by atoms with Crippen molar-refractivity contribution in [2.24, 2.45) is 0 Å². The Labute approximate surface area is 68.3 Å². The number of hydrogen-bond acceptors (Lipinski definition) is 3. The summed E-state index contributed by atoms with van der Waals surface area (Å²) in [5.41, 5.74) is -0.104. The van der Waals surface area contributed by atoms with Gasteiger partial charge in [-0.2, -0.15) is 0 Å². The van der Waals surface area contributed by atoms with E-state index in [9.17, 15) is 5.21 Å². The molecule has 0 atom stereocenters. The number of hydroxylamine groups is 2. The highest BCUT2D eigenvalue weighted by Gasteiger charge is 2.32. The van der Waals surface area contributed by atoms with Gasteiger partial charge >= 0.3 is 0 Å². The molecule has 1 N–H and O–H groups in total. The highest BCUT2D eigenvalue weighted by Crippen LogP contribution is 2.19. The van der Waals surface area contributed by atoms with Crippen LogP contribution in [-0.2, 0) is 0 Å². The molecule has 0 aromatic heterocycles. The monoisotopic (exact) mass is 157 g/mol. The minimum absolute atomic E-state index is 0.0521. The van der Waals surface area contributed by atoms with Crippen LogP contribution < -0.4 is 5.32 Å². The lowest BCUT2D eigenvalue weighted by Gasteiger charge is -2.51. The quantitative estimate of drug-likeness (QED) is 0.569. The second-order valence-electron chi connectivity index (χ2n) is 4.69. The lowest BCUT2D eigenvalue weighted by molar-refractivity contribution is 0.114. The third kappa shape index (κ3) is 2.43. The lowest BCUT2D eigenvalue weighted by Crippen LogP contribution is -2.65. The van der Waals surface area contributed by atoms with Crippen molar-refractivity contribution < 1.29 is 0 Å². The second kappa shape index (κ2) is 2.44. The van der Waals surface area contributed by atoms with Gasteiger partial charge in [-0.25, -0.2) is 0 Å². The normalized spacial score (nSPS) is 30.3. The molecule has 1 aliphatic rings. The summed E-state index contributed by atoms with van der Waals surface area (Å²) in [5.74, 6) is 0. The van der Waals surface area contributed by atoms with Crippen LogP contribution in [0.3, 0.4) is 0 Å². The second-order valence-corrected chi connectivity index (χ2v) is 4.69. The summed E-state index contributed by atoms with van der Waals surface area (Å²) in [6, 6.07) is 0. The average molecular weight is 157 g/mol. The average Bonchev–Trinajstić information content (AvgIpc) is 1.49. The van der Waals surface area contributed by atoms with Crippen LogP contribution in [0, 0.1) is 5.21 Å². The van der Waals surface area contributed by atoms with E-state index in [-0.39, 0.29) is 11.1 Å². The maximum atomic E-state index is 11.2. The van der Waals surface area contributed by atoms with Gasteiger partial charge in [0, 0.05) is 24.2 Å². The summed E-state index contributed by atoms with van der Waals surface area (Å²) in [6.45, 7) is 9.38. The number of rotatable bonds is 0. The minimum atomic E-state index is -0.0521. The zero-order valence-electron chi connectivity index (χ0n) is 7.77. The standard InChI is InChI=1S/C8H17N2O/c1-7(2)5-10(11)6-8(3,4)9-7/h9H,5-6H2,1-4H3/q-1. The molecule has 0 unspecified atom stereocenters. The SMILES string of the molecule is CC1(C)CN([O-])CC(C)(C)N1. The Morgan fingerprint density at radius 1 is 1.09 bits per heavy atom. The predicted molar refractivity (Wildman–Crippen MR) is 46.2 cm³/mol. The molecule has 1 saturated heterocycles. The molecule has 0 bridgehead atoms. The fourth-order valence-electron chi connectivity index (χ4n) is 1.93. The van der Waals surface area contributed by atoms with Crippen molar-refractivity contribution in [3.05, 3.63) is 5.21 Å². The van der Waals surface area contributed by atoms with Crippen LogP contribution in [0.15, 0.2) is 0 Å². The highest BCUT2D eigenvalue weighted by molar-refractivity contribution is 4.97. The Hall–Kier alpha value is -0.120. The van der Waals surface area contributed by atoms with E-state index in [4.69, 9.17) is 0 Å². The van der Waals surface area contributed by atoms with Crippen LogP contribution >= 0.6 is 0 Å². The molecule has 66 valence electrons. The topological polar surface area (TPSA) is 38.3 Å². The third-order valence-electron chi connectivity index (χ3n) is 1.82. The van der Waals surface area contributed by atoms with Gasteiger partial charge in [-0.3, -0.25) is 0 Å². The Morgan fingerprint density at radius 3 is 1.73 bits per heavy atom. The molecule has 0 spiro atoms. The van der Waals surface area contributed by atoms with Gasteiger partial charge < -0.3 is 15.6 Å². The summed E-state index contributed by atoms with van der Waals surface area (Å²) in [6.07, 6.45) is 0. The number of nitrogens with zero attached hydrogens (tertiary/aromatic N) is 1. The van der Waals surface area contributed by atoms with Crippen LogP contribution in [0.2, 0.25) is 0 Å². The maximum absolute atomic E-state index is 11.2. The van der Waals surface area contributed by atoms with E-state index >= 15 is 0 Å². The molecule has 0 amide bonds. The van der Waals surface area contributed by atoms with Crippen LogP contribution in [-0.4, -0.2) is 29.2 Å². The third-order valence-corrected chi connectivity index (χ3v) is 1.82. The van der Waals surface area contributed by atoms with Crippen molar-refractivity contribution in [3.8, 4) is 0 Å². The van der Waals surface area contributed by atoms with Crippen molar-refractivity contribution >= 4 is 0 Å². The van der Waals surface area contributed by atoms with Crippen LogP contribution in [0.25, 0.3) is 0 Å². The van der Waals surface area contributed by atoms with Crippen LogP contribution in [0.5, 0.6) is 0 Å². The minimum Gasteiger partial charge on any atom is -0.785 e. The van der Waals surface area contributed by atoms with E-state index in [1.54, 1.807) is 0 Å². The number of piperazine rings is 1. The fraction of sp³-hybridized carbons (Fsp3) is 1.00. The zero-order chi connectivity index (χ0) is 8.70. The molecule has 3 nitrogen and oxygen atoms in total. The number of hydrogen-bond donors (Lipinski definition) is 1. The maximum Gasteiger partial charge on any atom is 0.0248 e. The van der Waals surface area contributed by atoms with Gasteiger partial charge in [0.25, 0.3) is 0 Å². The molecule has 0 saturated carbocycles. The van der Waals surface area contributed by atoms with Gasteiger partial charge in [0.05, 0.1) is 0 Å². The number of nitrogens with one attached hydrogen (secondary N) is 1. The first kappa shape index (κ1) is 8.97. The van der Waals surface area contributed by atoms with E-state index in [1.165, 1.54) is 0 Å². The van der Waals surface area contributed by atoms with Crippen molar-refractivity contribution in [1.29, 1.82) is 0 Å². The molecular weight excluding hydrogens is 140 g/mol. The van der Waals surface area contributed by atoms with Crippen LogP contribution in [0.1, 0.15) is 27.7 Å². The van der Waals surface area contributed by atoms with Crippen molar-refractivity contribution in [2.75, 3.05) is 13.1 Å². The summed E-state index contributed by atoms with van der Waals surface area (Å²) in [5, 5.41) is 15.7. The first-order valence-corrected chi connectivity index (χ1v) is 4.02. The molecule has 0 aromatic rings. The molecule has 0 aromatic carbocycles. The molecule has 1 rings (SSSR count). The Bertz CT molecular complexity index is 138. The molecule has 0 aliphatic carbocycles. The van der Waals surface area contributed by atoms with Gasteiger partial charge in [-0.05, 0) is 27.7 Å². The molecule has 11 heavy (non-hydrogen) atoms. The van der Waals surface area contributed by atoms with Gasteiger partial charge in [0.1, 0.15) is 0 Å². The molecule has 1 heterocycles. The van der Waals surface area contributed by atoms with Gasteiger partial charge in [-0.15, -0.1) is 0 Å². The first-order chi connectivity index (χ1) is 4.81. The molecule has 3 heteroatoms. The van der Waals surface area contributed by atoms with E-state index in [2.05, 4.69) is 33.0 Å². The van der Waals surface area contributed by atoms with Crippen molar-refractivity contribution in [1.82, 2.24) is 10.4 Å². The lowest BCUT2D eigenvalue weighted by atomic mass is 9.93. The Morgan fingerprint density at radius 2 is 1.45 bits per heavy atom. The molecular formula is C8H17N2O-. The Kier molecular flexibility index (Phi) is 1.99. The molecule has 0 radical (unpaired) electrons. The Balaban J connectivity index is 2.66. The highest BCUT2D eigenvalue weighted by atomic mass is 16.5. The summed E-state index contributed by atoms with van der Waals surface area (Å²) in [7, 11) is 0. The van der Waals surface area contributed by atoms with Crippen molar-refractivity contribution in [2.45, 2.75) is 38.8 Å². The predicted octanol–water partition coefficient (Wildman–Crippen LogP) is 0.947. The largest absolute Gasteiger partial charge is 0.785 e. The van der Waals surface area contributed by atoms with Gasteiger partial charge in [-0.1, -0.05) is 0 Å². The summed E-state index contributed by atoms with van der Waals surface area (Å²) >= 11 is 0. The molecule has 1 aliphatic heterocycles. The van der Waals surface area contributed by atoms with Gasteiger partial charge in [0.15, 0.2) is 0 Å². The van der Waals surface area contributed by atoms with E-state index in [0.29, 0.717) is 13.1 Å². The van der Waals surface area contributed by atoms with E-state index in [1.807, 2.05) is 0 Å². The van der Waals surface area contributed by atoms with Gasteiger partial charge in [0.2, 0.25) is 0 Å². The fourth-order valence-corrected chi connectivity index (χ4v) is 1.93. The zero-order valence-corrected chi connectivity index (χ0v) is 7.77. The van der Waals surface area contributed by atoms with Crippen LogP contribution in [0.4, 0.5) is 0 Å².